The summed E-state index contributed by atoms with van der Waals surface area (Å²) in [4.78, 5) is 55.4. The van der Waals surface area contributed by atoms with Crippen LogP contribution in [-0.4, -0.2) is 61.1 Å². The summed E-state index contributed by atoms with van der Waals surface area (Å²) in [6.45, 7) is 1.79. The maximum Gasteiger partial charge on any atom is 0.287 e. The molecule has 3 aromatic rings. The lowest BCUT2D eigenvalue weighted by Gasteiger charge is -2.29. The highest BCUT2D eigenvalue weighted by Gasteiger charge is 2.57. The molecule has 5 rings (SSSR count). The molecule has 2 amide bonds. The number of amides is 2. The smallest absolute Gasteiger partial charge is 0.287 e. The molecule has 1 heterocycles. The number of benzene rings is 3. The van der Waals surface area contributed by atoms with Crippen LogP contribution in [0.5, 0.6) is 0 Å². The zero-order valence-electron chi connectivity index (χ0n) is 25.5. The number of hydrogen-bond acceptors (Lipinski definition) is 6. The molecule has 0 radical (unpaired) electrons. The van der Waals surface area contributed by atoms with Crippen molar-refractivity contribution in [3.63, 3.8) is 0 Å². The fourth-order valence-electron chi connectivity index (χ4n) is 6.24. The molecule has 1 saturated heterocycles. The fraction of sp³-hybridized carbons (Fsp3) is 0.371. The predicted octanol–water partition coefficient (Wildman–Crippen LogP) is 5.38. The van der Waals surface area contributed by atoms with E-state index in [0.29, 0.717) is 24.3 Å². The highest BCUT2D eigenvalue weighted by Crippen LogP contribution is 2.51. The van der Waals surface area contributed by atoms with Crippen LogP contribution in [0.25, 0.3) is 0 Å². The van der Waals surface area contributed by atoms with E-state index in [1.165, 1.54) is 17.0 Å². The van der Waals surface area contributed by atoms with Crippen molar-refractivity contribution in [3.8, 4) is 0 Å². The van der Waals surface area contributed by atoms with Crippen molar-refractivity contribution in [1.82, 2.24) is 10.2 Å². The van der Waals surface area contributed by atoms with E-state index in [-0.39, 0.29) is 48.2 Å². The number of ketones is 2. The minimum Gasteiger partial charge on any atom is -0.349 e. The van der Waals surface area contributed by atoms with Gasteiger partial charge in [0, 0.05) is 30.5 Å². The third kappa shape index (κ3) is 7.06. The lowest BCUT2D eigenvalue weighted by Crippen LogP contribution is -2.47. The van der Waals surface area contributed by atoms with Gasteiger partial charge in [-0.2, -0.15) is 0 Å². The molecule has 2 fully saturated rings. The van der Waals surface area contributed by atoms with Gasteiger partial charge in [-0.25, -0.2) is 8.42 Å². The summed E-state index contributed by atoms with van der Waals surface area (Å²) in [5, 5.41) is 2.15. The van der Waals surface area contributed by atoms with Crippen molar-refractivity contribution in [3.05, 3.63) is 100 Å². The molecule has 46 heavy (non-hydrogen) atoms. The van der Waals surface area contributed by atoms with E-state index < -0.39 is 49.9 Å². The molecular formula is C35H36Cl2N2O6S. The lowest BCUT2D eigenvalue weighted by atomic mass is 9.90. The van der Waals surface area contributed by atoms with E-state index in [0.717, 1.165) is 11.1 Å². The first-order chi connectivity index (χ1) is 22.0. The summed E-state index contributed by atoms with van der Waals surface area (Å²) in [5.41, 5.74) is 0.876. The maximum absolute atomic E-state index is 14.2. The molecule has 8 nitrogen and oxygen atoms in total. The molecular weight excluding hydrogens is 647 g/mol. The number of carbonyl (C=O) groups excluding carboxylic acids is 4. The molecule has 2 aliphatic rings. The van der Waals surface area contributed by atoms with Gasteiger partial charge in [0.2, 0.25) is 11.7 Å². The van der Waals surface area contributed by atoms with Crippen LogP contribution < -0.4 is 5.32 Å². The van der Waals surface area contributed by atoms with Gasteiger partial charge in [-0.1, -0.05) is 84.7 Å². The first-order valence-corrected chi connectivity index (χ1v) is 17.7. The van der Waals surface area contributed by atoms with Crippen LogP contribution in [0.15, 0.2) is 83.8 Å². The zero-order valence-corrected chi connectivity index (χ0v) is 27.8. The van der Waals surface area contributed by atoms with E-state index in [1.807, 2.05) is 30.3 Å². The minimum atomic E-state index is -4.02. The number of nitrogens with one attached hydrogen (secondary N) is 1. The van der Waals surface area contributed by atoms with Crippen molar-refractivity contribution in [1.29, 1.82) is 0 Å². The molecule has 0 unspecified atom stereocenters. The Labute approximate surface area is 279 Å². The Morgan fingerprint density at radius 1 is 0.935 bits per heavy atom. The van der Waals surface area contributed by atoms with Gasteiger partial charge in [-0.3, -0.25) is 19.2 Å². The molecule has 0 aromatic heterocycles. The Balaban J connectivity index is 1.35. The first kappa shape index (κ1) is 33.8. The Hall–Kier alpha value is -3.53. The van der Waals surface area contributed by atoms with Crippen molar-refractivity contribution in [2.24, 2.45) is 5.92 Å². The van der Waals surface area contributed by atoms with E-state index in [1.54, 1.807) is 43.3 Å². The van der Waals surface area contributed by atoms with Crippen LogP contribution in [0.1, 0.15) is 50.2 Å². The van der Waals surface area contributed by atoms with Gasteiger partial charge in [0.1, 0.15) is 0 Å². The van der Waals surface area contributed by atoms with Crippen molar-refractivity contribution in [2.75, 3.05) is 13.1 Å². The molecule has 1 N–H and O–H groups in total. The van der Waals surface area contributed by atoms with Crippen LogP contribution in [0.3, 0.4) is 0 Å². The van der Waals surface area contributed by atoms with Gasteiger partial charge in [-0.05, 0) is 67.5 Å². The van der Waals surface area contributed by atoms with Gasteiger partial charge in [-0.15, -0.1) is 0 Å². The van der Waals surface area contributed by atoms with Gasteiger partial charge in [0.15, 0.2) is 15.6 Å². The average molecular weight is 684 g/mol. The summed E-state index contributed by atoms with van der Waals surface area (Å²) in [5.74, 6) is -3.17. The molecule has 0 bridgehead atoms. The third-order valence-corrected chi connectivity index (χ3v) is 12.0. The quantitative estimate of drug-likeness (QED) is 0.242. The number of nitrogens with zero attached hydrogens (tertiary/aromatic N) is 1. The van der Waals surface area contributed by atoms with Gasteiger partial charge in [0.05, 0.1) is 26.6 Å². The number of Topliss-reactive ketones (excluding diaryl/α,β-unsaturated/α-hetero) is 2. The highest BCUT2D eigenvalue weighted by molar-refractivity contribution is 7.92. The van der Waals surface area contributed by atoms with Crippen LogP contribution in [0, 0.1) is 5.92 Å². The van der Waals surface area contributed by atoms with Crippen LogP contribution in [-0.2, 0) is 40.9 Å². The molecule has 3 aromatic carbocycles. The Kier molecular flexibility index (Phi) is 10.3. The Bertz CT molecular complexity index is 1730. The highest BCUT2D eigenvalue weighted by atomic mass is 35.5. The monoisotopic (exact) mass is 682 g/mol. The first-order valence-electron chi connectivity index (χ1n) is 15.4. The summed E-state index contributed by atoms with van der Waals surface area (Å²) in [6, 6.07) is 21.5. The molecule has 0 spiro atoms. The van der Waals surface area contributed by atoms with Crippen LogP contribution in [0.4, 0.5) is 0 Å². The van der Waals surface area contributed by atoms with Crippen molar-refractivity contribution < 1.29 is 27.6 Å². The second-order valence-corrected chi connectivity index (χ2v) is 15.1. The fourth-order valence-corrected chi connectivity index (χ4v) is 8.58. The predicted molar refractivity (Wildman–Crippen MR) is 176 cm³/mol. The number of rotatable bonds is 13. The molecule has 242 valence electrons. The van der Waals surface area contributed by atoms with Gasteiger partial charge >= 0.3 is 0 Å². The lowest BCUT2D eigenvalue weighted by molar-refractivity contribution is -0.143. The second kappa shape index (κ2) is 14.1. The van der Waals surface area contributed by atoms with Gasteiger partial charge < -0.3 is 10.2 Å². The normalized spacial score (nSPS) is 19.3. The Morgan fingerprint density at radius 3 is 2.22 bits per heavy atom. The van der Waals surface area contributed by atoms with Gasteiger partial charge in [0.25, 0.3) is 5.91 Å². The number of hydrogen-bond donors (Lipinski definition) is 1. The Morgan fingerprint density at radius 2 is 1.59 bits per heavy atom. The van der Waals surface area contributed by atoms with Crippen molar-refractivity contribution in [2.45, 2.75) is 67.1 Å². The van der Waals surface area contributed by atoms with E-state index in [4.69, 9.17) is 23.2 Å². The second-order valence-electron chi connectivity index (χ2n) is 12.0. The average Bonchev–Trinajstić information content (AvgIpc) is 3.74. The zero-order chi connectivity index (χ0) is 33.1. The molecule has 1 aliphatic heterocycles. The van der Waals surface area contributed by atoms with Crippen LogP contribution in [0.2, 0.25) is 10.0 Å². The number of sulfone groups is 1. The molecule has 1 aliphatic carbocycles. The largest absolute Gasteiger partial charge is 0.349 e. The van der Waals surface area contributed by atoms with Crippen molar-refractivity contribution >= 4 is 56.4 Å². The molecule has 1 saturated carbocycles. The van der Waals surface area contributed by atoms with E-state index in [9.17, 15) is 27.6 Å². The van der Waals surface area contributed by atoms with Crippen LogP contribution >= 0.6 is 23.2 Å². The van der Waals surface area contributed by atoms with E-state index >= 15 is 0 Å². The number of carbonyl (C=O) groups is 4. The number of likely N-dealkylation sites (tertiary alicyclic amines) is 1. The maximum atomic E-state index is 14.2. The topological polar surface area (TPSA) is 118 Å². The minimum absolute atomic E-state index is 0.0601. The summed E-state index contributed by atoms with van der Waals surface area (Å²) in [7, 11) is -4.02. The summed E-state index contributed by atoms with van der Waals surface area (Å²) < 4.78 is 27.6. The van der Waals surface area contributed by atoms with E-state index in [2.05, 4.69) is 5.32 Å². The summed E-state index contributed by atoms with van der Waals surface area (Å²) in [6.07, 6.45) is 1.45. The third-order valence-electron chi connectivity index (χ3n) is 9.11. The number of halogens is 2. The molecule has 11 heteroatoms. The molecule has 3 atom stereocenters. The summed E-state index contributed by atoms with van der Waals surface area (Å²) >= 11 is 12.4. The standard InChI is InChI=1S/C35H36Cl2N2O6S/c1-2-24(32(41)33(42)38-19-16-23-8-4-3-5-9-23)20-30(40)29-21-27(46(44,45)31-11-7-6-10-28(31)37)22-39(29)34(43)35(17-18-35)25-12-14-26(36)15-13-25/h3-15,24,27,29H,2,16-22H2,1H3,(H,38,42)/t24-,27-,29+/m1/s1. The SMILES string of the molecule is CC[C@H](CC(=O)[C@@H]1C[C@@H](S(=O)(=O)c2ccccc2Cl)CN1C(=O)C1(c2ccc(Cl)cc2)CC1)C(=O)C(=O)NCCc1ccccc1.